The highest BCUT2D eigenvalue weighted by Crippen LogP contribution is 2.34. The minimum atomic E-state index is -0.155. The molecule has 1 N–H and O–H groups in total. The van der Waals surface area contributed by atoms with Crippen LogP contribution in [0.25, 0.3) is 11.6 Å². The number of thiophene rings is 1. The van der Waals surface area contributed by atoms with E-state index in [4.69, 9.17) is 11.6 Å². The topological polar surface area (TPSA) is 54.9 Å². The van der Waals surface area contributed by atoms with Crippen molar-refractivity contribution in [2.75, 3.05) is 11.1 Å². The lowest BCUT2D eigenvalue weighted by Gasteiger charge is -2.00. The van der Waals surface area contributed by atoms with Crippen LogP contribution in [0.2, 0.25) is 4.34 Å². The van der Waals surface area contributed by atoms with Crippen molar-refractivity contribution in [3.05, 3.63) is 33.1 Å². The lowest BCUT2D eigenvalue weighted by molar-refractivity contribution is -0.110. The van der Waals surface area contributed by atoms with Crippen LogP contribution in [0.1, 0.15) is 17.4 Å². The van der Waals surface area contributed by atoms with E-state index in [2.05, 4.69) is 15.3 Å². The van der Waals surface area contributed by atoms with Gasteiger partial charge in [-0.2, -0.15) is 0 Å². The van der Waals surface area contributed by atoms with Gasteiger partial charge in [0.25, 0.3) is 5.91 Å². The quantitative estimate of drug-likeness (QED) is 0.530. The van der Waals surface area contributed by atoms with Crippen molar-refractivity contribution >= 4 is 58.1 Å². The van der Waals surface area contributed by atoms with Gasteiger partial charge in [-0.05, 0) is 24.0 Å². The lowest BCUT2D eigenvalue weighted by Crippen LogP contribution is -2.04. The fourth-order valence-electron chi connectivity index (χ4n) is 1.85. The Morgan fingerprint density at radius 1 is 1.50 bits per heavy atom. The second-order valence-corrected chi connectivity index (χ2v) is 6.98. The highest BCUT2D eigenvalue weighted by atomic mass is 35.5. The van der Waals surface area contributed by atoms with Gasteiger partial charge in [-0.3, -0.25) is 4.79 Å². The van der Waals surface area contributed by atoms with Gasteiger partial charge in [0, 0.05) is 16.6 Å². The molecule has 0 aromatic carbocycles. The van der Waals surface area contributed by atoms with Gasteiger partial charge in [0.15, 0.2) is 5.16 Å². The Bertz CT molecular complexity index is 711. The Labute approximate surface area is 129 Å². The molecule has 0 saturated carbocycles. The Kier molecular flexibility index (Phi) is 3.78. The molecule has 0 aliphatic carbocycles. The first kappa shape index (κ1) is 13.6. The van der Waals surface area contributed by atoms with Crippen molar-refractivity contribution in [2.45, 2.75) is 12.1 Å². The molecule has 2 aromatic heterocycles. The van der Waals surface area contributed by atoms with Crippen LogP contribution in [-0.4, -0.2) is 21.6 Å². The fourth-order valence-corrected chi connectivity index (χ4v) is 3.39. The molecule has 102 valence electrons. The molecule has 0 unspecified atom stereocenters. The van der Waals surface area contributed by atoms with Gasteiger partial charge in [-0.25, -0.2) is 9.97 Å². The van der Waals surface area contributed by atoms with Crippen LogP contribution in [0.5, 0.6) is 0 Å². The minimum absolute atomic E-state index is 0.155. The Hall–Kier alpha value is -1.37. The number of aromatic nitrogens is 2. The van der Waals surface area contributed by atoms with Crippen LogP contribution in [-0.2, 0) is 4.79 Å². The number of hydrogen-bond donors (Lipinski definition) is 1. The summed E-state index contributed by atoms with van der Waals surface area (Å²) in [6.07, 6.45) is 3.51. The lowest BCUT2D eigenvalue weighted by atomic mass is 10.1. The monoisotopic (exact) mass is 323 g/mol. The number of halogens is 1. The predicted molar refractivity (Wildman–Crippen MR) is 84.3 cm³/mol. The molecule has 0 radical (unpaired) electrons. The summed E-state index contributed by atoms with van der Waals surface area (Å²) in [5.74, 6) is 1.32. The van der Waals surface area contributed by atoms with Crippen molar-refractivity contribution in [3.8, 4) is 0 Å². The third kappa shape index (κ3) is 2.59. The third-order valence-electron chi connectivity index (χ3n) is 2.69. The van der Waals surface area contributed by atoms with Gasteiger partial charge < -0.3 is 5.32 Å². The Morgan fingerprint density at radius 3 is 3.05 bits per heavy atom. The van der Waals surface area contributed by atoms with Gasteiger partial charge in [-0.1, -0.05) is 30.3 Å². The van der Waals surface area contributed by atoms with Gasteiger partial charge in [0.2, 0.25) is 0 Å². The largest absolute Gasteiger partial charge is 0.306 e. The normalized spacial score (nSPS) is 15.5. The molecule has 0 spiro atoms. The van der Waals surface area contributed by atoms with E-state index in [1.165, 1.54) is 11.3 Å². The summed E-state index contributed by atoms with van der Waals surface area (Å²) in [7, 11) is 0. The second-order valence-electron chi connectivity index (χ2n) is 4.00. The molecule has 0 bridgehead atoms. The van der Waals surface area contributed by atoms with Crippen LogP contribution < -0.4 is 5.32 Å². The molecule has 20 heavy (non-hydrogen) atoms. The first-order valence-corrected chi connectivity index (χ1v) is 8.14. The van der Waals surface area contributed by atoms with Crippen LogP contribution in [0.4, 0.5) is 5.82 Å². The molecule has 1 amide bonds. The number of fused-ring (bicyclic) bond motifs is 1. The molecule has 0 saturated heterocycles. The molecule has 7 heteroatoms. The number of nitrogens with one attached hydrogen (secondary N) is 1. The number of nitrogens with zero attached hydrogens (tertiary/aromatic N) is 2. The predicted octanol–water partition coefficient (Wildman–Crippen LogP) is 3.80. The molecule has 0 fully saturated rings. The van der Waals surface area contributed by atoms with E-state index >= 15 is 0 Å². The van der Waals surface area contributed by atoms with E-state index in [1.54, 1.807) is 18.0 Å². The molecule has 1 aliphatic heterocycles. The fraction of sp³-hybridized carbons (Fsp3) is 0.154. The van der Waals surface area contributed by atoms with Crippen LogP contribution >= 0.6 is 34.7 Å². The van der Waals surface area contributed by atoms with E-state index in [-0.39, 0.29) is 5.91 Å². The number of amides is 1. The SMILES string of the molecule is CCSc1ncc2c(n1)NC(=O)C2=Cc1ccc(Cl)s1. The maximum Gasteiger partial charge on any atom is 0.257 e. The summed E-state index contributed by atoms with van der Waals surface area (Å²) >= 11 is 8.87. The number of anilines is 1. The van der Waals surface area contributed by atoms with Crippen molar-refractivity contribution < 1.29 is 4.79 Å². The molecule has 3 rings (SSSR count). The zero-order chi connectivity index (χ0) is 14.1. The van der Waals surface area contributed by atoms with Crippen molar-refractivity contribution in [3.63, 3.8) is 0 Å². The van der Waals surface area contributed by atoms with Crippen LogP contribution in [0, 0.1) is 0 Å². The number of hydrogen-bond acceptors (Lipinski definition) is 5. The van der Waals surface area contributed by atoms with Crippen molar-refractivity contribution in [2.24, 2.45) is 0 Å². The molecule has 2 aromatic rings. The number of carbonyl (C=O) groups excluding carboxylic acids is 1. The van der Waals surface area contributed by atoms with Gasteiger partial charge in [0.1, 0.15) is 5.82 Å². The molecular formula is C13H10ClN3OS2. The van der Waals surface area contributed by atoms with E-state index in [0.717, 1.165) is 16.2 Å². The first-order valence-electron chi connectivity index (χ1n) is 5.96. The standard InChI is InChI=1S/C13H10ClN3OS2/c1-2-19-13-15-6-9-8(12(18)16-11(9)17-13)5-7-3-4-10(14)20-7/h3-6H,2H2,1H3,(H,15,16,17,18). The smallest absolute Gasteiger partial charge is 0.257 e. The number of carbonyl (C=O) groups is 1. The molecule has 1 aliphatic rings. The summed E-state index contributed by atoms with van der Waals surface area (Å²) < 4.78 is 0.696. The summed E-state index contributed by atoms with van der Waals surface area (Å²) in [4.78, 5) is 21.6. The van der Waals surface area contributed by atoms with Crippen molar-refractivity contribution in [1.29, 1.82) is 0 Å². The summed E-state index contributed by atoms with van der Waals surface area (Å²) in [5.41, 5.74) is 1.31. The van der Waals surface area contributed by atoms with Crippen LogP contribution in [0.15, 0.2) is 23.5 Å². The molecule has 4 nitrogen and oxygen atoms in total. The van der Waals surface area contributed by atoms with Gasteiger partial charge in [-0.15, -0.1) is 11.3 Å². The second kappa shape index (κ2) is 5.55. The number of rotatable bonds is 3. The van der Waals surface area contributed by atoms with E-state index in [1.807, 2.05) is 25.1 Å². The van der Waals surface area contributed by atoms with Crippen molar-refractivity contribution in [1.82, 2.24) is 9.97 Å². The van der Waals surface area contributed by atoms with E-state index < -0.39 is 0 Å². The highest BCUT2D eigenvalue weighted by Gasteiger charge is 2.26. The minimum Gasteiger partial charge on any atom is -0.306 e. The Balaban J connectivity index is 2.00. The molecular weight excluding hydrogens is 314 g/mol. The van der Waals surface area contributed by atoms with Crippen LogP contribution in [0.3, 0.4) is 0 Å². The third-order valence-corrected chi connectivity index (χ3v) is 4.61. The molecule has 3 heterocycles. The Morgan fingerprint density at radius 2 is 2.35 bits per heavy atom. The average Bonchev–Trinajstić information content (AvgIpc) is 2.95. The average molecular weight is 324 g/mol. The molecule has 0 atom stereocenters. The first-order chi connectivity index (χ1) is 9.67. The summed E-state index contributed by atoms with van der Waals surface area (Å²) in [6, 6.07) is 3.69. The van der Waals surface area contributed by atoms with Gasteiger partial charge >= 0.3 is 0 Å². The summed E-state index contributed by atoms with van der Waals surface area (Å²) in [6.45, 7) is 2.03. The van der Waals surface area contributed by atoms with Gasteiger partial charge in [0.05, 0.1) is 9.91 Å². The maximum atomic E-state index is 12.0. The zero-order valence-corrected chi connectivity index (χ0v) is 12.9. The highest BCUT2D eigenvalue weighted by molar-refractivity contribution is 7.99. The maximum absolute atomic E-state index is 12.0. The van der Waals surface area contributed by atoms with E-state index in [0.29, 0.717) is 20.9 Å². The zero-order valence-electron chi connectivity index (χ0n) is 10.5. The van der Waals surface area contributed by atoms with E-state index in [9.17, 15) is 4.79 Å². The number of thioether (sulfide) groups is 1. The summed E-state index contributed by atoms with van der Waals surface area (Å²) in [5, 5.41) is 3.45.